The lowest BCUT2D eigenvalue weighted by Crippen LogP contribution is -2.20. The normalized spacial score (nSPS) is 14.4. The molecule has 0 spiro atoms. The highest BCUT2D eigenvalue weighted by Crippen LogP contribution is 2.30. The van der Waals surface area contributed by atoms with Gasteiger partial charge in [0.15, 0.2) is 0 Å². The average molecular weight is 220 g/mol. The van der Waals surface area contributed by atoms with Crippen LogP contribution in [0, 0.1) is 12.8 Å². The smallest absolute Gasteiger partial charge is 0.311 e. The number of aliphatic carboxylic acids is 1. The summed E-state index contributed by atoms with van der Waals surface area (Å²) >= 11 is 0. The molecule has 2 unspecified atom stereocenters. The third-order valence-electron chi connectivity index (χ3n) is 3.10. The fraction of sp³-hybridized carbons (Fsp3) is 0.500. The lowest BCUT2D eigenvalue weighted by molar-refractivity contribution is -0.140. The number of carbonyl (C=O) groups is 1. The van der Waals surface area contributed by atoms with Crippen LogP contribution in [0.5, 0.6) is 0 Å². The van der Waals surface area contributed by atoms with E-state index in [0.29, 0.717) is 0 Å². The van der Waals surface area contributed by atoms with Crippen LogP contribution in [0.1, 0.15) is 43.7 Å². The molecule has 1 N–H and O–H groups in total. The fourth-order valence-corrected chi connectivity index (χ4v) is 2.24. The molecule has 0 aliphatic heterocycles. The molecule has 0 amide bonds. The second kappa shape index (κ2) is 5.69. The van der Waals surface area contributed by atoms with Crippen LogP contribution in [-0.4, -0.2) is 11.1 Å². The van der Waals surface area contributed by atoms with Gasteiger partial charge < -0.3 is 5.11 Å². The Morgan fingerprint density at radius 1 is 1.38 bits per heavy atom. The minimum absolute atomic E-state index is 0.184. The van der Waals surface area contributed by atoms with Crippen LogP contribution in [0.4, 0.5) is 0 Å². The molecule has 0 aliphatic carbocycles. The Balaban J connectivity index is 3.03. The van der Waals surface area contributed by atoms with Gasteiger partial charge in [-0.2, -0.15) is 0 Å². The summed E-state index contributed by atoms with van der Waals surface area (Å²) in [5, 5.41) is 9.35. The predicted molar refractivity (Wildman–Crippen MR) is 65.6 cm³/mol. The van der Waals surface area contributed by atoms with Crippen molar-refractivity contribution in [2.75, 3.05) is 0 Å². The summed E-state index contributed by atoms with van der Waals surface area (Å²) in [6, 6.07) is 7.77. The molecule has 0 aromatic heterocycles. The minimum atomic E-state index is -0.713. The highest BCUT2D eigenvalue weighted by molar-refractivity contribution is 5.77. The van der Waals surface area contributed by atoms with Gasteiger partial charge in [-0.15, -0.1) is 0 Å². The molecule has 0 aliphatic rings. The molecule has 2 heteroatoms. The highest BCUT2D eigenvalue weighted by atomic mass is 16.4. The number of hydrogen-bond acceptors (Lipinski definition) is 1. The Morgan fingerprint density at radius 3 is 2.50 bits per heavy atom. The first-order chi connectivity index (χ1) is 7.57. The molecule has 1 rings (SSSR count). The van der Waals surface area contributed by atoms with Crippen molar-refractivity contribution in [1.82, 2.24) is 0 Å². The molecule has 1 aromatic rings. The second-order valence-corrected chi connectivity index (χ2v) is 4.44. The van der Waals surface area contributed by atoms with E-state index in [-0.39, 0.29) is 11.8 Å². The number of carboxylic acids is 1. The lowest BCUT2D eigenvalue weighted by Gasteiger charge is -2.21. The van der Waals surface area contributed by atoms with Crippen LogP contribution >= 0.6 is 0 Å². The summed E-state index contributed by atoms with van der Waals surface area (Å²) in [6.07, 6.45) is 1.97. The monoisotopic (exact) mass is 220 g/mol. The Morgan fingerprint density at radius 2 is 2.00 bits per heavy atom. The Labute approximate surface area is 97.3 Å². The minimum Gasteiger partial charge on any atom is -0.481 e. The zero-order valence-electron chi connectivity index (χ0n) is 10.2. The van der Waals surface area contributed by atoms with E-state index in [1.54, 1.807) is 0 Å². The maximum Gasteiger partial charge on any atom is 0.311 e. The van der Waals surface area contributed by atoms with E-state index in [9.17, 15) is 9.90 Å². The fourth-order valence-electron chi connectivity index (χ4n) is 2.24. The molecular weight excluding hydrogens is 200 g/mol. The van der Waals surface area contributed by atoms with Crippen molar-refractivity contribution < 1.29 is 9.90 Å². The predicted octanol–water partition coefficient (Wildman–Crippen LogP) is 3.60. The molecule has 0 saturated carbocycles. The molecular formula is C14H20O2. The van der Waals surface area contributed by atoms with Gasteiger partial charge in [-0.1, -0.05) is 44.5 Å². The van der Waals surface area contributed by atoms with Crippen LogP contribution in [0.15, 0.2) is 24.3 Å². The van der Waals surface area contributed by atoms with Gasteiger partial charge in [0.25, 0.3) is 0 Å². The topological polar surface area (TPSA) is 37.3 Å². The van der Waals surface area contributed by atoms with Crippen molar-refractivity contribution in [1.29, 1.82) is 0 Å². The first-order valence-corrected chi connectivity index (χ1v) is 5.86. The summed E-state index contributed by atoms with van der Waals surface area (Å²) in [4.78, 5) is 11.4. The van der Waals surface area contributed by atoms with Crippen LogP contribution in [0.3, 0.4) is 0 Å². The molecule has 2 nitrogen and oxygen atoms in total. The van der Waals surface area contributed by atoms with Gasteiger partial charge in [0, 0.05) is 0 Å². The van der Waals surface area contributed by atoms with E-state index in [2.05, 4.69) is 6.92 Å². The molecule has 0 radical (unpaired) electrons. The van der Waals surface area contributed by atoms with Crippen LogP contribution in [0.2, 0.25) is 0 Å². The second-order valence-electron chi connectivity index (χ2n) is 4.44. The summed E-state index contributed by atoms with van der Waals surface area (Å²) in [5.41, 5.74) is 2.02. The summed E-state index contributed by atoms with van der Waals surface area (Å²) in [5.74, 6) is -0.903. The molecule has 0 saturated heterocycles. The summed E-state index contributed by atoms with van der Waals surface area (Å²) in [7, 11) is 0. The molecule has 0 bridgehead atoms. The third-order valence-corrected chi connectivity index (χ3v) is 3.10. The van der Waals surface area contributed by atoms with Gasteiger partial charge in [-0.05, 0) is 30.4 Å². The highest BCUT2D eigenvalue weighted by Gasteiger charge is 2.26. The molecule has 2 atom stereocenters. The molecule has 88 valence electrons. The van der Waals surface area contributed by atoms with Crippen molar-refractivity contribution in [2.24, 2.45) is 5.92 Å². The largest absolute Gasteiger partial charge is 0.481 e. The average Bonchev–Trinajstić information content (AvgIpc) is 2.21. The molecule has 16 heavy (non-hydrogen) atoms. The maximum absolute atomic E-state index is 11.4. The van der Waals surface area contributed by atoms with Crippen molar-refractivity contribution in [3.05, 3.63) is 35.4 Å². The van der Waals surface area contributed by atoms with Gasteiger partial charge >= 0.3 is 5.97 Å². The summed E-state index contributed by atoms with van der Waals surface area (Å²) < 4.78 is 0. The van der Waals surface area contributed by atoms with E-state index >= 15 is 0 Å². The van der Waals surface area contributed by atoms with Crippen molar-refractivity contribution in [2.45, 2.75) is 39.5 Å². The Kier molecular flexibility index (Phi) is 4.53. The molecule has 1 aromatic carbocycles. The van der Waals surface area contributed by atoms with E-state index in [0.717, 1.165) is 24.0 Å². The van der Waals surface area contributed by atoms with Crippen LogP contribution in [-0.2, 0) is 4.79 Å². The van der Waals surface area contributed by atoms with E-state index in [1.165, 1.54) is 0 Å². The van der Waals surface area contributed by atoms with Crippen LogP contribution in [0.25, 0.3) is 0 Å². The van der Waals surface area contributed by atoms with Crippen molar-refractivity contribution >= 4 is 5.97 Å². The van der Waals surface area contributed by atoms with Gasteiger partial charge in [0.1, 0.15) is 0 Å². The van der Waals surface area contributed by atoms with Gasteiger partial charge in [0.2, 0.25) is 0 Å². The standard InChI is InChI=1S/C14H20O2/c1-4-7-11(3)13(14(15)16)12-9-6-5-8-10(12)2/h5-6,8-9,11,13H,4,7H2,1-3H3,(H,15,16). The van der Waals surface area contributed by atoms with E-state index in [4.69, 9.17) is 0 Å². The van der Waals surface area contributed by atoms with E-state index in [1.807, 2.05) is 38.1 Å². The van der Waals surface area contributed by atoms with Gasteiger partial charge in [-0.3, -0.25) is 4.79 Å². The first-order valence-electron chi connectivity index (χ1n) is 5.86. The van der Waals surface area contributed by atoms with Gasteiger partial charge in [-0.25, -0.2) is 0 Å². The number of carboxylic acid groups (broad SMARTS) is 1. The SMILES string of the molecule is CCCC(C)C(C(=O)O)c1ccccc1C. The zero-order valence-corrected chi connectivity index (χ0v) is 10.2. The molecule has 0 heterocycles. The van der Waals surface area contributed by atoms with Gasteiger partial charge in [0.05, 0.1) is 5.92 Å². The first kappa shape index (κ1) is 12.8. The number of aryl methyl sites for hydroxylation is 1. The zero-order chi connectivity index (χ0) is 12.1. The van der Waals surface area contributed by atoms with Crippen LogP contribution < -0.4 is 0 Å². The Hall–Kier alpha value is -1.31. The van der Waals surface area contributed by atoms with Crippen molar-refractivity contribution in [3.8, 4) is 0 Å². The number of benzene rings is 1. The van der Waals surface area contributed by atoms with Crippen molar-refractivity contribution in [3.63, 3.8) is 0 Å². The molecule has 0 fully saturated rings. The summed E-state index contributed by atoms with van der Waals surface area (Å²) in [6.45, 7) is 6.09. The lowest BCUT2D eigenvalue weighted by atomic mass is 9.83. The maximum atomic E-state index is 11.4. The Bertz CT molecular complexity index is 358. The third kappa shape index (κ3) is 2.84. The number of rotatable bonds is 5. The quantitative estimate of drug-likeness (QED) is 0.823. The van der Waals surface area contributed by atoms with E-state index < -0.39 is 5.97 Å². The number of hydrogen-bond donors (Lipinski definition) is 1.